The Hall–Kier alpha value is -2.68. The number of hydrogen-bond donors (Lipinski definition) is 4. The number of rotatable bonds is 36. The molecule has 0 fully saturated rings. The van der Waals surface area contributed by atoms with Gasteiger partial charge < -0.3 is 25.6 Å². The summed E-state index contributed by atoms with van der Waals surface area (Å²) in [6, 6.07) is -1.38. The molecule has 0 saturated carbocycles. The number of esters is 1. The van der Waals surface area contributed by atoms with Gasteiger partial charge in [-0.15, -0.1) is 0 Å². The highest BCUT2D eigenvalue weighted by Crippen LogP contribution is 2.18. The fourth-order valence-electron chi connectivity index (χ4n) is 5.81. The first-order chi connectivity index (χ1) is 24.3. The number of aliphatic carboxylic acids is 1. The van der Waals surface area contributed by atoms with Gasteiger partial charge in [0.25, 0.3) is 0 Å². The normalized spacial score (nSPS) is 12.7. The second-order valence-electron chi connectivity index (χ2n) is 13.7. The molecule has 0 spiro atoms. The number of hydrogen-bond acceptors (Lipinski definition) is 6. The van der Waals surface area contributed by atoms with Crippen LogP contribution in [0.4, 0.5) is 0 Å². The van der Waals surface area contributed by atoms with Crippen molar-refractivity contribution in [3.63, 3.8) is 0 Å². The van der Waals surface area contributed by atoms with Crippen LogP contribution in [0.25, 0.3) is 0 Å². The van der Waals surface area contributed by atoms with Crippen molar-refractivity contribution in [1.82, 2.24) is 10.6 Å². The summed E-state index contributed by atoms with van der Waals surface area (Å²) in [6.45, 7) is 3.44. The Balaban J connectivity index is 4.35. The third kappa shape index (κ3) is 32.5. The molecule has 2 unspecified atom stereocenters. The SMILES string of the molecule is CCCCC/C=C\C/C=C\CCCC(CCCCCCCC(=O)NCC(=O)NC(CO)C(=O)O)OC(=O)CCCCCCCCCCCCC. The molecule has 2 amide bonds. The van der Waals surface area contributed by atoms with Gasteiger partial charge in [0, 0.05) is 12.8 Å². The number of amides is 2. The number of nitrogens with one attached hydrogen (secondary N) is 2. The van der Waals surface area contributed by atoms with Gasteiger partial charge in [-0.1, -0.05) is 134 Å². The number of aliphatic hydroxyl groups excluding tert-OH is 1. The molecule has 0 saturated heterocycles. The Labute approximate surface area is 304 Å². The van der Waals surface area contributed by atoms with E-state index in [1.165, 1.54) is 77.0 Å². The molecule has 0 rings (SSSR count). The van der Waals surface area contributed by atoms with Crippen LogP contribution in [-0.4, -0.2) is 59.3 Å². The van der Waals surface area contributed by atoms with E-state index in [2.05, 4.69) is 48.8 Å². The lowest BCUT2D eigenvalue weighted by atomic mass is 10.0. The Bertz CT molecular complexity index is 905. The molecule has 0 radical (unpaired) electrons. The minimum Gasteiger partial charge on any atom is -0.480 e. The standard InChI is InChI=1S/C41H74N2O7/c1-3-5-7-9-11-13-15-17-19-22-26-30-36(50-40(47)33-29-25-20-18-16-14-12-10-8-6-4-2)31-27-23-21-24-28-32-38(45)42-34-39(46)43-37(35-44)41(48)49/h11,13,17,19,36-37,44H,3-10,12,14-16,18,20-35H2,1-2H3,(H,42,45)(H,43,46)(H,48,49)/b13-11-,19-17-. The lowest BCUT2D eigenvalue weighted by Gasteiger charge is -2.18. The smallest absolute Gasteiger partial charge is 0.328 e. The van der Waals surface area contributed by atoms with Crippen molar-refractivity contribution < 1.29 is 34.1 Å². The van der Waals surface area contributed by atoms with Gasteiger partial charge in [0.1, 0.15) is 12.1 Å². The number of carbonyl (C=O) groups excluding carboxylic acids is 3. The third-order valence-corrected chi connectivity index (χ3v) is 8.95. The number of carboxylic acids is 1. The van der Waals surface area contributed by atoms with E-state index in [0.29, 0.717) is 12.8 Å². The highest BCUT2D eigenvalue weighted by molar-refractivity contribution is 5.87. The van der Waals surface area contributed by atoms with E-state index in [-0.39, 0.29) is 30.9 Å². The van der Waals surface area contributed by atoms with E-state index < -0.39 is 24.5 Å². The highest BCUT2D eigenvalue weighted by atomic mass is 16.5. The topological polar surface area (TPSA) is 142 Å². The van der Waals surface area contributed by atoms with Gasteiger partial charge in [0.05, 0.1) is 13.2 Å². The van der Waals surface area contributed by atoms with E-state index >= 15 is 0 Å². The summed E-state index contributed by atoms with van der Waals surface area (Å²) in [5, 5.41) is 22.5. The number of carbonyl (C=O) groups is 4. The van der Waals surface area contributed by atoms with Crippen LogP contribution < -0.4 is 10.6 Å². The van der Waals surface area contributed by atoms with Gasteiger partial charge in [-0.25, -0.2) is 4.79 Å². The van der Waals surface area contributed by atoms with Gasteiger partial charge in [-0.3, -0.25) is 14.4 Å². The minimum atomic E-state index is -1.38. The van der Waals surface area contributed by atoms with Crippen LogP contribution in [0.1, 0.15) is 187 Å². The van der Waals surface area contributed by atoms with E-state index in [0.717, 1.165) is 77.0 Å². The summed E-state index contributed by atoms with van der Waals surface area (Å²) in [7, 11) is 0. The largest absolute Gasteiger partial charge is 0.480 e. The molecular formula is C41H74N2O7. The number of carboxylic acid groups (broad SMARTS) is 1. The lowest BCUT2D eigenvalue weighted by Crippen LogP contribution is -2.47. The Kier molecular flexibility index (Phi) is 34.2. The van der Waals surface area contributed by atoms with E-state index in [1.54, 1.807) is 0 Å². The quantitative estimate of drug-likeness (QED) is 0.0289. The molecular weight excluding hydrogens is 632 g/mol. The molecule has 50 heavy (non-hydrogen) atoms. The maximum absolute atomic E-state index is 12.7. The molecule has 0 heterocycles. The van der Waals surface area contributed by atoms with Crippen LogP contribution in [0.3, 0.4) is 0 Å². The molecule has 2 atom stereocenters. The summed E-state index contributed by atoms with van der Waals surface area (Å²) in [6.07, 6.45) is 37.7. The van der Waals surface area contributed by atoms with Crippen molar-refractivity contribution in [2.45, 2.75) is 199 Å². The molecule has 0 aliphatic heterocycles. The van der Waals surface area contributed by atoms with E-state index in [1.807, 2.05) is 0 Å². The summed E-state index contributed by atoms with van der Waals surface area (Å²) < 4.78 is 5.98. The summed E-state index contributed by atoms with van der Waals surface area (Å²) >= 11 is 0. The van der Waals surface area contributed by atoms with Crippen molar-refractivity contribution in [3.8, 4) is 0 Å². The fraction of sp³-hybridized carbons (Fsp3) is 0.805. The minimum absolute atomic E-state index is 0.0504. The average molecular weight is 707 g/mol. The Morgan fingerprint density at radius 1 is 0.600 bits per heavy atom. The van der Waals surface area contributed by atoms with Gasteiger partial charge in [-0.05, 0) is 64.2 Å². The van der Waals surface area contributed by atoms with Crippen LogP contribution in [-0.2, 0) is 23.9 Å². The monoisotopic (exact) mass is 707 g/mol. The Morgan fingerprint density at radius 2 is 1.10 bits per heavy atom. The van der Waals surface area contributed by atoms with Crippen molar-refractivity contribution in [3.05, 3.63) is 24.3 Å². The summed E-state index contributed by atoms with van der Waals surface area (Å²) in [5.41, 5.74) is 0. The average Bonchev–Trinajstić information content (AvgIpc) is 3.10. The molecule has 0 aromatic carbocycles. The maximum atomic E-state index is 12.7. The van der Waals surface area contributed by atoms with Crippen LogP contribution in [0.5, 0.6) is 0 Å². The zero-order valence-electron chi connectivity index (χ0n) is 31.9. The zero-order chi connectivity index (χ0) is 36.9. The lowest BCUT2D eigenvalue weighted by molar-refractivity contribution is -0.150. The van der Waals surface area contributed by atoms with E-state index in [4.69, 9.17) is 14.9 Å². The first kappa shape index (κ1) is 47.3. The molecule has 4 N–H and O–H groups in total. The van der Waals surface area contributed by atoms with Gasteiger partial charge >= 0.3 is 11.9 Å². The van der Waals surface area contributed by atoms with Crippen molar-refractivity contribution >= 4 is 23.8 Å². The summed E-state index contributed by atoms with van der Waals surface area (Å²) in [5.74, 6) is -2.32. The van der Waals surface area contributed by atoms with Crippen LogP contribution in [0, 0.1) is 0 Å². The first-order valence-electron chi connectivity index (χ1n) is 20.2. The number of allylic oxidation sites excluding steroid dienone is 4. The maximum Gasteiger partial charge on any atom is 0.328 e. The highest BCUT2D eigenvalue weighted by Gasteiger charge is 2.19. The number of ether oxygens (including phenoxy) is 1. The molecule has 0 aliphatic carbocycles. The molecule has 0 aliphatic rings. The predicted octanol–water partition coefficient (Wildman–Crippen LogP) is 9.26. The van der Waals surface area contributed by atoms with Crippen molar-refractivity contribution in [2.24, 2.45) is 0 Å². The fourth-order valence-corrected chi connectivity index (χ4v) is 5.81. The van der Waals surface area contributed by atoms with Gasteiger partial charge in [0.2, 0.25) is 11.8 Å². The molecule has 9 nitrogen and oxygen atoms in total. The molecule has 290 valence electrons. The molecule has 0 bridgehead atoms. The van der Waals surface area contributed by atoms with E-state index in [9.17, 15) is 19.2 Å². The van der Waals surface area contributed by atoms with Gasteiger partial charge in [-0.2, -0.15) is 0 Å². The molecule has 0 aromatic heterocycles. The van der Waals surface area contributed by atoms with Crippen molar-refractivity contribution in [1.29, 1.82) is 0 Å². The number of unbranched alkanes of at least 4 members (excludes halogenated alkanes) is 18. The Morgan fingerprint density at radius 3 is 1.68 bits per heavy atom. The van der Waals surface area contributed by atoms with Crippen LogP contribution in [0.15, 0.2) is 24.3 Å². The van der Waals surface area contributed by atoms with Crippen molar-refractivity contribution in [2.75, 3.05) is 13.2 Å². The molecule has 0 aromatic rings. The predicted molar refractivity (Wildman–Crippen MR) is 204 cm³/mol. The second kappa shape index (κ2) is 36.1. The van der Waals surface area contributed by atoms with Crippen LogP contribution >= 0.6 is 0 Å². The second-order valence-corrected chi connectivity index (χ2v) is 13.7. The van der Waals surface area contributed by atoms with Crippen LogP contribution in [0.2, 0.25) is 0 Å². The molecule has 9 heteroatoms. The van der Waals surface area contributed by atoms with Gasteiger partial charge in [0.15, 0.2) is 0 Å². The third-order valence-electron chi connectivity index (χ3n) is 8.95. The number of aliphatic hydroxyl groups is 1. The summed E-state index contributed by atoms with van der Waals surface area (Å²) in [4.78, 5) is 47.4. The first-order valence-corrected chi connectivity index (χ1v) is 20.2. The zero-order valence-corrected chi connectivity index (χ0v) is 31.9.